The molecule has 0 radical (unpaired) electrons. The average molecular weight is 377 g/mol. The first-order valence-electron chi connectivity index (χ1n) is 5.99. The van der Waals surface area contributed by atoms with Crippen LogP contribution >= 0.6 is 27.5 Å². The van der Waals surface area contributed by atoms with Crippen LogP contribution in [0.2, 0.25) is 5.02 Å². The average Bonchev–Trinajstić information content (AvgIpc) is 2.43. The van der Waals surface area contributed by atoms with E-state index in [0.717, 1.165) is 0 Å². The van der Waals surface area contributed by atoms with Gasteiger partial charge in [-0.15, -0.1) is 0 Å². The lowest BCUT2D eigenvalue weighted by Crippen LogP contribution is -2.08. The van der Waals surface area contributed by atoms with Gasteiger partial charge in [-0.3, -0.25) is 0 Å². The van der Waals surface area contributed by atoms with Crippen LogP contribution in [0.15, 0.2) is 16.6 Å². The van der Waals surface area contributed by atoms with Gasteiger partial charge >= 0.3 is 6.01 Å². The first-order chi connectivity index (χ1) is 10.0. The van der Waals surface area contributed by atoms with Crippen molar-refractivity contribution in [1.29, 1.82) is 0 Å². The van der Waals surface area contributed by atoms with E-state index in [1.807, 2.05) is 6.92 Å². The topological polar surface area (TPSA) is 72.0 Å². The van der Waals surface area contributed by atoms with Gasteiger partial charge in [0, 0.05) is 11.0 Å². The van der Waals surface area contributed by atoms with Crippen molar-refractivity contribution in [2.75, 3.05) is 24.3 Å². The Morgan fingerprint density at radius 3 is 2.62 bits per heavy atom. The highest BCUT2D eigenvalue weighted by molar-refractivity contribution is 9.10. The molecule has 2 N–H and O–H groups in total. The van der Waals surface area contributed by atoms with E-state index in [2.05, 4.69) is 41.5 Å². The Morgan fingerprint density at radius 1 is 1.29 bits per heavy atom. The molecule has 2 rings (SSSR count). The van der Waals surface area contributed by atoms with E-state index >= 15 is 0 Å². The zero-order chi connectivity index (χ0) is 15.4. The molecule has 0 fully saturated rings. The van der Waals surface area contributed by atoms with E-state index < -0.39 is 5.82 Å². The van der Waals surface area contributed by atoms with Gasteiger partial charge in [-0.05, 0) is 35.0 Å². The Kier molecular flexibility index (Phi) is 5.13. The van der Waals surface area contributed by atoms with Crippen molar-refractivity contribution in [1.82, 2.24) is 15.0 Å². The Labute approximate surface area is 134 Å². The normalized spacial score (nSPS) is 10.3. The summed E-state index contributed by atoms with van der Waals surface area (Å²) in [5.74, 6) is 0.146. The molecule has 0 aliphatic heterocycles. The van der Waals surface area contributed by atoms with E-state index in [9.17, 15) is 4.39 Å². The van der Waals surface area contributed by atoms with Crippen LogP contribution in [0.25, 0.3) is 0 Å². The maximum absolute atomic E-state index is 13.2. The first-order valence-corrected chi connectivity index (χ1v) is 7.16. The van der Waals surface area contributed by atoms with Crippen LogP contribution in [0.3, 0.4) is 0 Å². The van der Waals surface area contributed by atoms with Crippen LogP contribution in [0.5, 0.6) is 6.01 Å². The number of halogens is 3. The summed E-state index contributed by atoms with van der Waals surface area (Å²) in [5, 5.41) is 6.07. The quantitative estimate of drug-likeness (QED) is 0.830. The minimum absolute atomic E-state index is 0.151. The molecule has 1 heterocycles. The summed E-state index contributed by atoms with van der Waals surface area (Å²) in [5.41, 5.74) is 0.453. The molecular formula is C12H12BrClFN5O. The Balaban J connectivity index is 2.37. The lowest BCUT2D eigenvalue weighted by Gasteiger charge is -2.11. The highest BCUT2D eigenvalue weighted by Gasteiger charge is 2.12. The van der Waals surface area contributed by atoms with Gasteiger partial charge in [0.2, 0.25) is 11.9 Å². The summed E-state index contributed by atoms with van der Waals surface area (Å²) in [7, 11) is 1.45. The molecule has 0 atom stereocenters. The number of hydrogen-bond acceptors (Lipinski definition) is 6. The van der Waals surface area contributed by atoms with Gasteiger partial charge in [-0.2, -0.15) is 15.0 Å². The molecule has 2 aromatic rings. The second-order valence-electron chi connectivity index (χ2n) is 3.87. The van der Waals surface area contributed by atoms with E-state index in [4.69, 9.17) is 16.3 Å². The van der Waals surface area contributed by atoms with Gasteiger partial charge in [-0.25, -0.2) is 4.39 Å². The van der Waals surface area contributed by atoms with Gasteiger partial charge in [0.15, 0.2) is 0 Å². The number of nitrogens with zero attached hydrogens (tertiary/aromatic N) is 3. The second-order valence-corrected chi connectivity index (χ2v) is 5.13. The number of hydrogen-bond donors (Lipinski definition) is 2. The van der Waals surface area contributed by atoms with Gasteiger partial charge < -0.3 is 15.4 Å². The maximum atomic E-state index is 13.2. The summed E-state index contributed by atoms with van der Waals surface area (Å²) in [6.45, 7) is 2.56. The predicted octanol–water partition coefficient (Wildman–Crippen LogP) is 3.61. The molecule has 0 amide bonds. The molecule has 0 bridgehead atoms. The second kappa shape index (κ2) is 6.86. The summed E-state index contributed by atoms with van der Waals surface area (Å²) in [4.78, 5) is 12.3. The fraction of sp³-hybridized carbons (Fsp3) is 0.250. The number of aromatic nitrogens is 3. The lowest BCUT2D eigenvalue weighted by molar-refractivity contribution is 0.379. The zero-order valence-corrected chi connectivity index (χ0v) is 13.6. The number of methoxy groups -OCH3 is 1. The third-order valence-electron chi connectivity index (χ3n) is 2.38. The SMILES string of the molecule is CCNc1nc(Nc2c(Cl)cc(F)cc2Br)nc(OC)n1. The van der Waals surface area contributed by atoms with Crippen molar-refractivity contribution in [2.45, 2.75) is 6.92 Å². The molecule has 0 saturated carbocycles. The molecule has 0 aliphatic rings. The Hall–Kier alpha value is -1.67. The monoisotopic (exact) mass is 375 g/mol. The van der Waals surface area contributed by atoms with Crippen LogP contribution in [0.1, 0.15) is 6.92 Å². The molecule has 6 nitrogen and oxygen atoms in total. The van der Waals surface area contributed by atoms with E-state index in [-0.39, 0.29) is 17.0 Å². The van der Waals surface area contributed by atoms with Crippen molar-refractivity contribution in [3.8, 4) is 6.01 Å². The largest absolute Gasteiger partial charge is 0.467 e. The van der Waals surface area contributed by atoms with Crippen LogP contribution in [-0.2, 0) is 0 Å². The van der Waals surface area contributed by atoms with E-state index in [1.54, 1.807) is 0 Å². The van der Waals surface area contributed by atoms with Crippen LogP contribution in [-0.4, -0.2) is 28.6 Å². The molecular weight excluding hydrogens is 365 g/mol. The van der Waals surface area contributed by atoms with Crippen molar-refractivity contribution in [2.24, 2.45) is 0 Å². The molecule has 21 heavy (non-hydrogen) atoms. The fourth-order valence-electron chi connectivity index (χ4n) is 1.51. The van der Waals surface area contributed by atoms with Crippen LogP contribution in [0.4, 0.5) is 22.0 Å². The molecule has 0 aliphatic carbocycles. The number of anilines is 3. The van der Waals surface area contributed by atoms with Gasteiger partial charge in [0.25, 0.3) is 0 Å². The number of rotatable bonds is 5. The van der Waals surface area contributed by atoms with Crippen molar-refractivity contribution >= 4 is 45.1 Å². The summed E-state index contributed by atoms with van der Waals surface area (Å²) >= 11 is 9.24. The summed E-state index contributed by atoms with van der Waals surface area (Å²) < 4.78 is 18.7. The van der Waals surface area contributed by atoms with Crippen molar-refractivity contribution < 1.29 is 9.13 Å². The molecule has 0 saturated heterocycles. The summed E-state index contributed by atoms with van der Waals surface area (Å²) in [6.07, 6.45) is 0. The highest BCUT2D eigenvalue weighted by atomic mass is 79.9. The molecule has 0 spiro atoms. The van der Waals surface area contributed by atoms with Crippen LogP contribution < -0.4 is 15.4 Å². The van der Waals surface area contributed by atoms with Crippen molar-refractivity contribution in [3.05, 3.63) is 27.4 Å². The maximum Gasteiger partial charge on any atom is 0.322 e. The molecule has 1 aromatic carbocycles. The number of nitrogens with one attached hydrogen (secondary N) is 2. The lowest BCUT2D eigenvalue weighted by atomic mass is 10.3. The van der Waals surface area contributed by atoms with E-state index in [1.165, 1.54) is 19.2 Å². The molecule has 0 unspecified atom stereocenters. The molecule has 112 valence electrons. The summed E-state index contributed by atoms with van der Waals surface area (Å²) in [6, 6.07) is 2.63. The minimum atomic E-state index is -0.445. The number of benzene rings is 1. The molecule has 1 aromatic heterocycles. The first kappa shape index (κ1) is 15.7. The van der Waals surface area contributed by atoms with E-state index in [0.29, 0.717) is 22.7 Å². The zero-order valence-electron chi connectivity index (χ0n) is 11.2. The van der Waals surface area contributed by atoms with Crippen molar-refractivity contribution in [3.63, 3.8) is 0 Å². The smallest absolute Gasteiger partial charge is 0.322 e. The third-order valence-corrected chi connectivity index (χ3v) is 3.30. The Morgan fingerprint density at radius 2 is 2.00 bits per heavy atom. The standard InChI is InChI=1S/C12H12BrClFN5O/c1-3-16-10-18-11(20-12(19-10)21-2)17-9-7(13)4-6(15)5-8(9)14/h4-5H,3H2,1-2H3,(H2,16,17,18,19,20). The van der Waals surface area contributed by atoms with Crippen LogP contribution in [0, 0.1) is 5.82 Å². The Bertz CT molecular complexity index is 635. The number of ether oxygens (including phenoxy) is 1. The predicted molar refractivity (Wildman–Crippen MR) is 82.9 cm³/mol. The molecule has 9 heteroatoms. The third kappa shape index (κ3) is 3.92. The van der Waals surface area contributed by atoms with Gasteiger partial charge in [0.05, 0.1) is 17.8 Å². The fourth-order valence-corrected chi connectivity index (χ4v) is 2.41. The minimum Gasteiger partial charge on any atom is -0.467 e. The highest BCUT2D eigenvalue weighted by Crippen LogP contribution is 2.33. The van der Waals surface area contributed by atoms with Gasteiger partial charge in [-0.1, -0.05) is 11.6 Å². The van der Waals surface area contributed by atoms with Gasteiger partial charge in [0.1, 0.15) is 5.82 Å².